The summed E-state index contributed by atoms with van der Waals surface area (Å²) in [6.07, 6.45) is 2.56. The lowest BCUT2D eigenvalue weighted by Crippen LogP contribution is -1.83. The Labute approximate surface area is 58.4 Å². The number of carboxylic acids is 1. The molecule has 0 saturated carbocycles. The highest BCUT2D eigenvalue weighted by Gasteiger charge is 1.76. The number of aliphatic carboxylic acids is 1. The summed E-state index contributed by atoms with van der Waals surface area (Å²) in [7, 11) is 0. The molecule has 0 unspecified atom stereocenters. The summed E-state index contributed by atoms with van der Waals surface area (Å²) in [6, 6.07) is 0. The van der Waals surface area contributed by atoms with Crippen LogP contribution in [0.3, 0.4) is 0 Å². The maximum Gasteiger partial charge on any atom is 0.327 e. The van der Waals surface area contributed by atoms with E-state index in [1.54, 1.807) is 6.92 Å². The molecule has 0 aromatic rings. The molecule has 0 spiro atoms. The van der Waals surface area contributed by atoms with Gasteiger partial charge in [-0.3, -0.25) is 0 Å². The van der Waals surface area contributed by atoms with Gasteiger partial charge in [0.25, 0.3) is 0 Å². The molecule has 0 bridgehead atoms. The van der Waals surface area contributed by atoms with E-state index in [2.05, 4.69) is 0 Å². The van der Waals surface area contributed by atoms with E-state index in [0.29, 0.717) is 0 Å². The number of hydrogen-bond acceptors (Lipinski definition) is 1. The maximum absolute atomic E-state index is 9.51. The van der Waals surface area contributed by atoms with Crippen LogP contribution in [0.5, 0.6) is 0 Å². The molecule has 2 nitrogen and oxygen atoms in total. The van der Waals surface area contributed by atoms with E-state index in [1.807, 2.05) is 0 Å². The van der Waals surface area contributed by atoms with Crippen molar-refractivity contribution in [2.24, 2.45) is 0 Å². The molecule has 0 aliphatic heterocycles. The highest BCUT2D eigenvalue weighted by atomic mass is 24.3. The third-order valence-corrected chi connectivity index (χ3v) is 0.309. The molecule has 2 radical (unpaired) electrons. The first-order chi connectivity index (χ1) is 2.77. The second-order valence-corrected chi connectivity index (χ2v) is 0.838. The largest absolute Gasteiger partial charge is 0.478 e. The predicted molar refractivity (Wildman–Crippen MR) is 28.2 cm³/mol. The van der Waals surface area contributed by atoms with Crippen molar-refractivity contribution in [3.63, 3.8) is 0 Å². The number of carbonyl (C=O) groups is 1. The molecule has 7 heavy (non-hydrogen) atoms. The van der Waals surface area contributed by atoms with Crippen molar-refractivity contribution >= 4 is 29.0 Å². The zero-order valence-corrected chi connectivity index (χ0v) is 5.63. The van der Waals surface area contributed by atoms with Crippen LogP contribution in [0, 0.1) is 0 Å². The van der Waals surface area contributed by atoms with E-state index >= 15 is 0 Å². The summed E-state index contributed by atoms with van der Waals surface area (Å²) < 4.78 is 0. The topological polar surface area (TPSA) is 37.3 Å². The van der Waals surface area contributed by atoms with Gasteiger partial charge in [0.2, 0.25) is 0 Å². The van der Waals surface area contributed by atoms with Crippen LogP contribution in [-0.4, -0.2) is 34.1 Å². The van der Waals surface area contributed by atoms with Gasteiger partial charge in [0.1, 0.15) is 0 Å². The second kappa shape index (κ2) is 5.98. The molecular formula is C4H6MgO2. The lowest BCUT2D eigenvalue weighted by molar-refractivity contribution is -0.131. The number of hydrogen-bond donors (Lipinski definition) is 1. The Kier molecular flexibility index (Phi) is 8.59. The molecule has 0 amide bonds. The van der Waals surface area contributed by atoms with Crippen molar-refractivity contribution in [3.8, 4) is 0 Å². The molecule has 3 heteroatoms. The van der Waals surface area contributed by atoms with Crippen LogP contribution in [0.15, 0.2) is 12.2 Å². The molecule has 0 aliphatic rings. The van der Waals surface area contributed by atoms with Crippen molar-refractivity contribution in [2.75, 3.05) is 0 Å². The van der Waals surface area contributed by atoms with Crippen molar-refractivity contribution < 1.29 is 9.90 Å². The van der Waals surface area contributed by atoms with E-state index < -0.39 is 5.97 Å². The van der Waals surface area contributed by atoms with E-state index in [0.717, 1.165) is 6.08 Å². The molecular weight excluding hydrogens is 104 g/mol. The van der Waals surface area contributed by atoms with Crippen molar-refractivity contribution in [1.29, 1.82) is 0 Å². The van der Waals surface area contributed by atoms with Crippen LogP contribution in [0.1, 0.15) is 6.92 Å². The second-order valence-electron chi connectivity index (χ2n) is 0.838. The summed E-state index contributed by atoms with van der Waals surface area (Å²) in [6.45, 7) is 1.66. The summed E-state index contributed by atoms with van der Waals surface area (Å²) >= 11 is 0. The number of allylic oxidation sites excluding steroid dienone is 1. The molecule has 0 aromatic heterocycles. The first-order valence-corrected chi connectivity index (χ1v) is 1.63. The molecule has 0 fully saturated rings. The van der Waals surface area contributed by atoms with Crippen LogP contribution in [0.2, 0.25) is 0 Å². The van der Waals surface area contributed by atoms with E-state index in [-0.39, 0.29) is 23.1 Å². The SMILES string of the molecule is CC=CC(=O)O.[Mg]. The molecule has 0 rings (SSSR count). The smallest absolute Gasteiger partial charge is 0.327 e. The minimum Gasteiger partial charge on any atom is -0.478 e. The zero-order valence-electron chi connectivity index (χ0n) is 4.22. The van der Waals surface area contributed by atoms with Gasteiger partial charge in [0.05, 0.1) is 0 Å². The zero-order chi connectivity index (χ0) is 4.99. The molecule has 0 aliphatic carbocycles. The third kappa shape index (κ3) is 10.7. The fourth-order valence-corrected chi connectivity index (χ4v) is 0.143. The maximum atomic E-state index is 9.51. The Bertz CT molecular complexity index is 77.8. The Morgan fingerprint density at radius 2 is 2.14 bits per heavy atom. The van der Waals surface area contributed by atoms with E-state index in [9.17, 15) is 4.79 Å². The first-order valence-electron chi connectivity index (χ1n) is 1.63. The van der Waals surface area contributed by atoms with Gasteiger partial charge in [-0.15, -0.1) is 0 Å². The number of carboxylic acid groups (broad SMARTS) is 1. The van der Waals surface area contributed by atoms with Crippen LogP contribution in [-0.2, 0) is 4.79 Å². The fraction of sp³-hybridized carbons (Fsp3) is 0.250. The fourth-order valence-electron chi connectivity index (χ4n) is 0.143. The van der Waals surface area contributed by atoms with E-state index in [4.69, 9.17) is 5.11 Å². The van der Waals surface area contributed by atoms with Crippen LogP contribution >= 0.6 is 0 Å². The van der Waals surface area contributed by atoms with Gasteiger partial charge in [-0.2, -0.15) is 0 Å². The van der Waals surface area contributed by atoms with Crippen molar-refractivity contribution in [2.45, 2.75) is 6.92 Å². The Morgan fingerprint density at radius 1 is 1.71 bits per heavy atom. The summed E-state index contributed by atoms with van der Waals surface area (Å²) in [5, 5.41) is 7.83. The minimum atomic E-state index is -0.891. The molecule has 0 aromatic carbocycles. The van der Waals surface area contributed by atoms with Crippen LogP contribution in [0.4, 0.5) is 0 Å². The summed E-state index contributed by atoms with van der Waals surface area (Å²) in [5.41, 5.74) is 0. The van der Waals surface area contributed by atoms with Crippen LogP contribution in [0.25, 0.3) is 0 Å². The van der Waals surface area contributed by atoms with Crippen LogP contribution < -0.4 is 0 Å². The highest BCUT2D eigenvalue weighted by Crippen LogP contribution is 1.65. The average molecular weight is 110 g/mol. The number of rotatable bonds is 1. The van der Waals surface area contributed by atoms with Gasteiger partial charge in [0.15, 0.2) is 0 Å². The lowest BCUT2D eigenvalue weighted by atomic mass is 10.5. The Hall–Kier alpha value is -0.0238. The Balaban J connectivity index is 0. The molecule has 1 N–H and O–H groups in total. The van der Waals surface area contributed by atoms with Crippen molar-refractivity contribution in [3.05, 3.63) is 12.2 Å². The quantitative estimate of drug-likeness (QED) is 0.388. The van der Waals surface area contributed by atoms with Gasteiger partial charge >= 0.3 is 5.97 Å². The third-order valence-electron chi connectivity index (χ3n) is 0.309. The molecule has 0 heterocycles. The van der Waals surface area contributed by atoms with Gasteiger partial charge in [0, 0.05) is 29.1 Å². The highest BCUT2D eigenvalue weighted by molar-refractivity contribution is 5.79. The average Bonchev–Trinajstić information content (AvgIpc) is 1.35. The predicted octanol–water partition coefficient (Wildman–Crippen LogP) is 0.266. The molecule has 0 saturated heterocycles. The molecule has 36 valence electrons. The summed E-state index contributed by atoms with van der Waals surface area (Å²) in [4.78, 5) is 9.51. The molecule has 0 atom stereocenters. The normalized spacial score (nSPS) is 8.14. The van der Waals surface area contributed by atoms with Gasteiger partial charge in [-0.25, -0.2) is 4.79 Å². The van der Waals surface area contributed by atoms with Gasteiger partial charge in [-0.05, 0) is 6.92 Å². The van der Waals surface area contributed by atoms with Gasteiger partial charge < -0.3 is 5.11 Å². The lowest BCUT2D eigenvalue weighted by Gasteiger charge is -1.68. The minimum absolute atomic E-state index is 0. The summed E-state index contributed by atoms with van der Waals surface area (Å²) in [5.74, 6) is -0.891. The first kappa shape index (κ1) is 10.1. The van der Waals surface area contributed by atoms with Gasteiger partial charge in [-0.1, -0.05) is 6.08 Å². The Morgan fingerprint density at radius 3 is 2.14 bits per heavy atom. The van der Waals surface area contributed by atoms with E-state index in [1.165, 1.54) is 6.08 Å². The van der Waals surface area contributed by atoms with Crippen molar-refractivity contribution in [1.82, 2.24) is 0 Å². The monoisotopic (exact) mass is 110 g/mol. The standard InChI is InChI=1S/C4H6O2.Mg/c1-2-3-4(5)6;/h2-3H,1H3,(H,5,6);.